The summed E-state index contributed by atoms with van der Waals surface area (Å²) in [5, 5.41) is 9.93. The standard InChI is InChI=1S/C14H13IO2/c1-17-12-7-5-10(6-8-12)9-11-3-2-4-13(15)14(11)16/h2-8,16H,9H2,1H3. The van der Waals surface area contributed by atoms with E-state index in [1.54, 1.807) is 7.11 Å². The molecule has 0 unspecified atom stereocenters. The first-order chi connectivity index (χ1) is 8.20. The molecule has 0 fully saturated rings. The highest BCUT2D eigenvalue weighted by atomic mass is 127. The van der Waals surface area contributed by atoms with Crippen molar-refractivity contribution in [3.8, 4) is 11.5 Å². The molecule has 2 aromatic rings. The Balaban J connectivity index is 2.22. The fourth-order valence-corrected chi connectivity index (χ4v) is 2.22. The lowest BCUT2D eigenvalue weighted by molar-refractivity contribution is 0.414. The zero-order valence-electron chi connectivity index (χ0n) is 9.48. The molecule has 0 atom stereocenters. The number of phenolic OH excluding ortho intramolecular Hbond substituents is 1. The second kappa shape index (κ2) is 5.40. The van der Waals surface area contributed by atoms with Gasteiger partial charge < -0.3 is 9.84 Å². The first kappa shape index (κ1) is 12.2. The number of methoxy groups -OCH3 is 1. The summed E-state index contributed by atoms with van der Waals surface area (Å²) in [6.45, 7) is 0. The Hall–Kier alpha value is -1.23. The third-order valence-electron chi connectivity index (χ3n) is 2.62. The van der Waals surface area contributed by atoms with Crippen molar-refractivity contribution in [1.29, 1.82) is 0 Å². The maximum atomic E-state index is 9.93. The molecule has 0 saturated heterocycles. The highest BCUT2D eigenvalue weighted by Gasteiger charge is 2.05. The molecule has 0 aliphatic rings. The number of hydrogen-bond acceptors (Lipinski definition) is 2. The molecule has 0 heterocycles. The summed E-state index contributed by atoms with van der Waals surface area (Å²) in [7, 11) is 1.65. The molecule has 2 nitrogen and oxygen atoms in total. The topological polar surface area (TPSA) is 29.5 Å². The molecule has 2 rings (SSSR count). The second-order valence-corrected chi connectivity index (χ2v) is 4.93. The van der Waals surface area contributed by atoms with Crippen LogP contribution in [0.15, 0.2) is 42.5 Å². The number of halogens is 1. The summed E-state index contributed by atoms with van der Waals surface area (Å²) < 4.78 is 5.99. The van der Waals surface area contributed by atoms with Crippen LogP contribution in [0, 0.1) is 3.57 Å². The van der Waals surface area contributed by atoms with Crippen LogP contribution in [0.4, 0.5) is 0 Å². The molecule has 0 amide bonds. The predicted molar refractivity (Wildman–Crippen MR) is 76.6 cm³/mol. The third-order valence-corrected chi connectivity index (χ3v) is 3.49. The van der Waals surface area contributed by atoms with Gasteiger partial charge in [0.15, 0.2) is 0 Å². The molecule has 17 heavy (non-hydrogen) atoms. The number of ether oxygens (including phenoxy) is 1. The monoisotopic (exact) mass is 340 g/mol. The molecule has 0 radical (unpaired) electrons. The van der Waals surface area contributed by atoms with Gasteiger partial charge >= 0.3 is 0 Å². The van der Waals surface area contributed by atoms with Crippen LogP contribution in [0.1, 0.15) is 11.1 Å². The first-order valence-electron chi connectivity index (χ1n) is 5.30. The van der Waals surface area contributed by atoms with Crippen molar-refractivity contribution in [2.45, 2.75) is 6.42 Å². The van der Waals surface area contributed by atoms with Crippen molar-refractivity contribution in [2.24, 2.45) is 0 Å². The summed E-state index contributed by atoms with van der Waals surface area (Å²) in [5.74, 6) is 1.23. The van der Waals surface area contributed by atoms with Crippen molar-refractivity contribution in [3.05, 3.63) is 57.2 Å². The van der Waals surface area contributed by atoms with Crippen LogP contribution >= 0.6 is 22.6 Å². The molecule has 0 bridgehead atoms. The van der Waals surface area contributed by atoms with Gasteiger partial charge in [0, 0.05) is 6.42 Å². The van der Waals surface area contributed by atoms with Crippen LogP contribution in [-0.4, -0.2) is 12.2 Å². The number of para-hydroxylation sites is 1. The van der Waals surface area contributed by atoms with E-state index in [0.29, 0.717) is 5.75 Å². The molecular formula is C14H13IO2. The molecule has 0 aliphatic heterocycles. The lowest BCUT2D eigenvalue weighted by Gasteiger charge is -2.07. The average Bonchev–Trinajstić information content (AvgIpc) is 2.36. The van der Waals surface area contributed by atoms with E-state index in [4.69, 9.17) is 4.74 Å². The Kier molecular flexibility index (Phi) is 3.89. The van der Waals surface area contributed by atoms with Gasteiger partial charge in [-0.15, -0.1) is 0 Å². The largest absolute Gasteiger partial charge is 0.507 e. The van der Waals surface area contributed by atoms with Crippen molar-refractivity contribution in [2.75, 3.05) is 7.11 Å². The lowest BCUT2D eigenvalue weighted by Crippen LogP contribution is -1.91. The average molecular weight is 340 g/mol. The molecule has 0 saturated carbocycles. The van der Waals surface area contributed by atoms with Crippen LogP contribution in [-0.2, 0) is 6.42 Å². The highest BCUT2D eigenvalue weighted by Crippen LogP contribution is 2.26. The Morgan fingerprint density at radius 3 is 2.47 bits per heavy atom. The summed E-state index contributed by atoms with van der Waals surface area (Å²) in [6.07, 6.45) is 0.729. The number of phenols is 1. The summed E-state index contributed by atoms with van der Waals surface area (Å²) >= 11 is 2.13. The SMILES string of the molecule is COc1ccc(Cc2cccc(I)c2O)cc1. The Labute approximate surface area is 114 Å². The Morgan fingerprint density at radius 1 is 1.12 bits per heavy atom. The van der Waals surface area contributed by atoms with Crippen LogP contribution in [0.25, 0.3) is 0 Å². The minimum absolute atomic E-state index is 0.379. The van der Waals surface area contributed by atoms with Gasteiger partial charge in [0.2, 0.25) is 0 Å². The van der Waals surface area contributed by atoms with Gasteiger partial charge in [0.05, 0.1) is 10.7 Å². The van der Waals surface area contributed by atoms with E-state index in [1.807, 2.05) is 42.5 Å². The quantitative estimate of drug-likeness (QED) is 0.866. The molecule has 1 N–H and O–H groups in total. The maximum Gasteiger partial charge on any atom is 0.132 e. The van der Waals surface area contributed by atoms with E-state index in [0.717, 1.165) is 26.9 Å². The highest BCUT2D eigenvalue weighted by molar-refractivity contribution is 14.1. The number of benzene rings is 2. The van der Waals surface area contributed by atoms with Crippen molar-refractivity contribution >= 4 is 22.6 Å². The third kappa shape index (κ3) is 2.91. The van der Waals surface area contributed by atoms with Gasteiger partial charge in [0.25, 0.3) is 0 Å². The fraction of sp³-hybridized carbons (Fsp3) is 0.143. The Bertz CT molecular complexity index is 506. The molecular weight excluding hydrogens is 327 g/mol. The zero-order valence-corrected chi connectivity index (χ0v) is 11.6. The van der Waals surface area contributed by atoms with Gasteiger partial charge in [-0.25, -0.2) is 0 Å². The molecule has 0 spiro atoms. The van der Waals surface area contributed by atoms with E-state index in [2.05, 4.69) is 22.6 Å². The Morgan fingerprint density at radius 2 is 1.82 bits per heavy atom. The van der Waals surface area contributed by atoms with Crippen LogP contribution < -0.4 is 4.74 Å². The lowest BCUT2D eigenvalue weighted by atomic mass is 10.0. The fourth-order valence-electron chi connectivity index (χ4n) is 1.67. The van der Waals surface area contributed by atoms with Crippen molar-refractivity contribution in [1.82, 2.24) is 0 Å². The van der Waals surface area contributed by atoms with Gasteiger partial charge in [-0.05, 0) is 51.9 Å². The smallest absolute Gasteiger partial charge is 0.132 e. The number of hydrogen-bond donors (Lipinski definition) is 1. The van der Waals surface area contributed by atoms with Crippen LogP contribution in [0.3, 0.4) is 0 Å². The summed E-state index contributed by atoms with van der Waals surface area (Å²) in [6, 6.07) is 13.7. The van der Waals surface area contributed by atoms with Crippen molar-refractivity contribution in [3.63, 3.8) is 0 Å². The molecule has 0 aliphatic carbocycles. The van der Waals surface area contributed by atoms with Crippen molar-refractivity contribution < 1.29 is 9.84 Å². The molecule has 88 valence electrons. The number of aromatic hydroxyl groups is 1. The summed E-state index contributed by atoms with van der Waals surface area (Å²) in [4.78, 5) is 0. The van der Waals surface area contributed by atoms with Gasteiger partial charge in [-0.1, -0.05) is 24.3 Å². The second-order valence-electron chi connectivity index (χ2n) is 3.77. The van der Waals surface area contributed by atoms with Gasteiger partial charge in [0.1, 0.15) is 11.5 Å². The predicted octanol–water partition coefficient (Wildman–Crippen LogP) is 3.60. The number of rotatable bonds is 3. The van der Waals surface area contributed by atoms with E-state index in [-0.39, 0.29) is 0 Å². The summed E-state index contributed by atoms with van der Waals surface area (Å²) in [5.41, 5.74) is 2.10. The van der Waals surface area contributed by atoms with E-state index in [1.165, 1.54) is 0 Å². The van der Waals surface area contributed by atoms with E-state index < -0.39 is 0 Å². The minimum atomic E-state index is 0.379. The minimum Gasteiger partial charge on any atom is -0.507 e. The van der Waals surface area contributed by atoms with Gasteiger partial charge in [-0.3, -0.25) is 0 Å². The molecule has 0 aromatic heterocycles. The van der Waals surface area contributed by atoms with E-state index in [9.17, 15) is 5.11 Å². The van der Waals surface area contributed by atoms with Crippen LogP contribution in [0.2, 0.25) is 0 Å². The van der Waals surface area contributed by atoms with E-state index >= 15 is 0 Å². The van der Waals surface area contributed by atoms with Gasteiger partial charge in [-0.2, -0.15) is 0 Å². The normalized spacial score (nSPS) is 10.2. The maximum absolute atomic E-state index is 9.93. The first-order valence-corrected chi connectivity index (χ1v) is 6.38. The zero-order chi connectivity index (χ0) is 12.3. The molecule has 2 aromatic carbocycles. The molecule has 3 heteroatoms. The van der Waals surface area contributed by atoms with Crippen LogP contribution in [0.5, 0.6) is 11.5 Å².